The monoisotopic (exact) mass is 510 g/mol. The van der Waals surface area contributed by atoms with Crippen LogP contribution in [0.4, 0.5) is 5.69 Å². The summed E-state index contributed by atoms with van der Waals surface area (Å²) in [7, 11) is 1.62. The Balaban J connectivity index is 1.27. The van der Waals surface area contributed by atoms with Crippen LogP contribution in [0.15, 0.2) is 71.7 Å². The number of nitrogens with one attached hydrogen (secondary N) is 2. The summed E-state index contributed by atoms with van der Waals surface area (Å²) in [4.78, 5) is 23.0. The Morgan fingerprint density at radius 2 is 1.89 bits per heavy atom. The number of carbonyl (C=O) groups excluding carboxylic acids is 1. The van der Waals surface area contributed by atoms with Gasteiger partial charge in [-0.3, -0.25) is 14.7 Å². The third-order valence-corrected chi connectivity index (χ3v) is 7.16. The molecule has 1 amide bonds. The number of H-pyrrole nitrogens is 1. The zero-order chi connectivity index (χ0) is 26.5. The third kappa shape index (κ3) is 5.89. The number of benzene rings is 3. The van der Waals surface area contributed by atoms with Crippen LogP contribution in [0.2, 0.25) is 0 Å². The van der Waals surface area contributed by atoms with E-state index in [2.05, 4.69) is 32.3 Å². The number of aromatic amines is 1. The number of hydrogen-bond acceptors (Lipinski definition) is 5. The molecule has 1 aliphatic heterocycles. The maximum Gasteiger partial charge on any atom is 0.251 e. The normalized spacial score (nSPS) is 15.1. The SMILES string of the molecule is COc1cccc([C@H](C)NC(=O)c2ccc3c(C=Nc4ccc(CN5CCCCC5)cc4)c(O)[nH]c3c2)c1. The zero-order valence-corrected chi connectivity index (χ0v) is 21.9. The average Bonchev–Trinajstić information content (AvgIpc) is 3.27. The largest absolute Gasteiger partial charge is 0.497 e. The number of likely N-dealkylation sites (tertiary alicyclic amines) is 1. The fourth-order valence-electron chi connectivity index (χ4n) is 4.95. The van der Waals surface area contributed by atoms with E-state index >= 15 is 0 Å². The molecule has 0 unspecified atom stereocenters. The number of carbonyl (C=O) groups is 1. The molecule has 3 N–H and O–H groups in total. The van der Waals surface area contributed by atoms with Crippen molar-refractivity contribution in [2.75, 3.05) is 20.2 Å². The van der Waals surface area contributed by atoms with Crippen molar-refractivity contribution in [3.05, 3.63) is 89.0 Å². The lowest BCUT2D eigenvalue weighted by atomic mass is 10.1. The van der Waals surface area contributed by atoms with Crippen molar-refractivity contribution in [2.45, 2.75) is 38.8 Å². The second-order valence-electron chi connectivity index (χ2n) is 9.88. The van der Waals surface area contributed by atoms with Gasteiger partial charge in [0.15, 0.2) is 5.88 Å². The molecule has 7 heteroatoms. The average molecular weight is 511 g/mol. The molecule has 1 atom stereocenters. The molecule has 1 aromatic heterocycles. The number of aromatic hydroxyl groups is 1. The number of fused-ring (bicyclic) bond motifs is 1. The Bertz CT molecular complexity index is 1440. The van der Waals surface area contributed by atoms with Gasteiger partial charge < -0.3 is 20.1 Å². The van der Waals surface area contributed by atoms with Crippen molar-refractivity contribution in [2.24, 2.45) is 4.99 Å². The van der Waals surface area contributed by atoms with Crippen LogP contribution < -0.4 is 10.1 Å². The van der Waals surface area contributed by atoms with Crippen LogP contribution in [0.5, 0.6) is 11.6 Å². The van der Waals surface area contributed by atoms with Crippen LogP contribution in [0.3, 0.4) is 0 Å². The van der Waals surface area contributed by atoms with E-state index in [0.29, 0.717) is 16.6 Å². The molecule has 1 saturated heterocycles. The highest BCUT2D eigenvalue weighted by atomic mass is 16.5. The fourth-order valence-corrected chi connectivity index (χ4v) is 4.95. The summed E-state index contributed by atoms with van der Waals surface area (Å²) >= 11 is 0. The third-order valence-electron chi connectivity index (χ3n) is 7.16. The lowest BCUT2D eigenvalue weighted by molar-refractivity contribution is 0.0940. The molecule has 0 saturated carbocycles. The maximum atomic E-state index is 12.9. The summed E-state index contributed by atoms with van der Waals surface area (Å²) in [5.74, 6) is 0.568. The van der Waals surface area contributed by atoms with E-state index in [1.807, 2.05) is 49.4 Å². The van der Waals surface area contributed by atoms with Crippen molar-refractivity contribution >= 4 is 28.7 Å². The van der Waals surface area contributed by atoms with Gasteiger partial charge in [0.2, 0.25) is 0 Å². The minimum absolute atomic E-state index is 0.0211. The van der Waals surface area contributed by atoms with Crippen LogP contribution in [-0.2, 0) is 6.54 Å². The number of hydrogen-bond donors (Lipinski definition) is 3. The Morgan fingerprint density at radius 3 is 2.66 bits per heavy atom. The number of rotatable bonds is 8. The van der Waals surface area contributed by atoms with E-state index in [0.717, 1.165) is 28.9 Å². The van der Waals surface area contributed by atoms with E-state index in [1.165, 1.54) is 37.9 Å². The maximum absolute atomic E-state index is 12.9. The first-order valence-electron chi connectivity index (χ1n) is 13.1. The molecule has 0 radical (unpaired) electrons. The molecule has 0 aliphatic carbocycles. The molecule has 196 valence electrons. The summed E-state index contributed by atoms with van der Waals surface area (Å²) < 4.78 is 5.28. The van der Waals surface area contributed by atoms with Crippen LogP contribution in [0.25, 0.3) is 10.9 Å². The van der Waals surface area contributed by atoms with E-state index in [4.69, 9.17) is 4.74 Å². The summed E-state index contributed by atoms with van der Waals surface area (Å²) in [6.45, 7) is 5.25. The standard InChI is InChI=1S/C31H34N4O3/c1-21(23-7-6-8-26(17-23)38-2)33-30(36)24-11-14-27-28(31(37)34-29(27)18-24)19-32-25-12-9-22(10-13-25)20-35-15-4-3-5-16-35/h6-14,17-19,21,34,37H,3-5,15-16,20H2,1-2H3,(H,33,36)/t21-/m0/s1. The van der Waals surface area contributed by atoms with Gasteiger partial charge in [-0.05, 0) is 80.4 Å². The summed E-state index contributed by atoms with van der Waals surface area (Å²) in [5, 5.41) is 14.4. The Kier molecular flexibility index (Phi) is 7.75. The number of methoxy groups -OCH3 is 1. The van der Waals surface area contributed by atoms with Crippen LogP contribution in [0.1, 0.15) is 59.3 Å². The van der Waals surface area contributed by atoms with E-state index in [9.17, 15) is 9.90 Å². The Hall–Kier alpha value is -4.10. The van der Waals surface area contributed by atoms with Gasteiger partial charge >= 0.3 is 0 Å². The number of aliphatic imine (C=N–C) groups is 1. The fraction of sp³-hybridized carbons (Fsp3) is 0.290. The topological polar surface area (TPSA) is 89.9 Å². The van der Waals surface area contributed by atoms with Gasteiger partial charge in [0.25, 0.3) is 5.91 Å². The number of aromatic nitrogens is 1. The summed E-state index contributed by atoms with van der Waals surface area (Å²) in [6.07, 6.45) is 5.57. The molecule has 38 heavy (non-hydrogen) atoms. The Labute approximate surface area is 223 Å². The van der Waals surface area contributed by atoms with Gasteiger partial charge in [-0.25, -0.2) is 0 Å². The van der Waals surface area contributed by atoms with Gasteiger partial charge in [0, 0.05) is 29.2 Å². The van der Waals surface area contributed by atoms with Gasteiger partial charge in [-0.2, -0.15) is 0 Å². The minimum atomic E-state index is -0.198. The molecule has 1 fully saturated rings. The first-order chi connectivity index (χ1) is 18.5. The molecule has 4 aromatic rings. The summed E-state index contributed by atoms with van der Waals surface area (Å²) in [5.41, 5.74) is 4.82. The molecule has 1 aliphatic rings. The minimum Gasteiger partial charge on any atom is -0.497 e. The predicted octanol–water partition coefficient (Wildman–Crippen LogP) is 6.11. The highest BCUT2D eigenvalue weighted by molar-refractivity contribution is 6.05. The molecular weight excluding hydrogens is 476 g/mol. The number of piperidine rings is 1. The molecular formula is C31H34N4O3. The Morgan fingerprint density at radius 1 is 1.11 bits per heavy atom. The van der Waals surface area contributed by atoms with Crippen molar-refractivity contribution < 1.29 is 14.6 Å². The van der Waals surface area contributed by atoms with Crippen LogP contribution in [0, 0.1) is 0 Å². The van der Waals surface area contributed by atoms with E-state index in [1.54, 1.807) is 25.5 Å². The van der Waals surface area contributed by atoms with Crippen molar-refractivity contribution in [3.63, 3.8) is 0 Å². The first-order valence-corrected chi connectivity index (χ1v) is 13.1. The molecule has 7 nitrogen and oxygen atoms in total. The number of nitrogens with zero attached hydrogens (tertiary/aromatic N) is 2. The van der Waals surface area contributed by atoms with Crippen molar-refractivity contribution in [3.8, 4) is 11.6 Å². The highest BCUT2D eigenvalue weighted by Gasteiger charge is 2.15. The lowest BCUT2D eigenvalue weighted by Gasteiger charge is -2.26. The van der Waals surface area contributed by atoms with E-state index < -0.39 is 0 Å². The van der Waals surface area contributed by atoms with E-state index in [-0.39, 0.29) is 17.8 Å². The predicted molar refractivity (Wildman–Crippen MR) is 152 cm³/mol. The second-order valence-corrected chi connectivity index (χ2v) is 9.88. The summed E-state index contributed by atoms with van der Waals surface area (Å²) in [6, 6.07) is 21.0. The van der Waals surface area contributed by atoms with Gasteiger partial charge in [-0.1, -0.05) is 36.8 Å². The lowest BCUT2D eigenvalue weighted by Crippen LogP contribution is -2.28. The van der Waals surface area contributed by atoms with Gasteiger partial charge in [-0.15, -0.1) is 0 Å². The van der Waals surface area contributed by atoms with Crippen molar-refractivity contribution in [1.29, 1.82) is 0 Å². The molecule has 0 spiro atoms. The smallest absolute Gasteiger partial charge is 0.251 e. The molecule has 2 heterocycles. The van der Waals surface area contributed by atoms with Crippen LogP contribution >= 0.6 is 0 Å². The number of ether oxygens (including phenoxy) is 1. The quantitative estimate of drug-likeness (QED) is 0.250. The number of amides is 1. The molecule has 3 aromatic carbocycles. The van der Waals surface area contributed by atoms with Gasteiger partial charge in [0.1, 0.15) is 5.75 Å². The first kappa shape index (κ1) is 25.5. The van der Waals surface area contributed by atoms with Crippen molar-refractivity contribution in [1.82, 2.24) is 15.2 Å². The zero-order valence-electron chi connectivity index (χ0n) is 21.9. The second kappa shape index (κ2) is 11.5. The van der Waals surface area contributed by atoms with Crippen LogP contribution in [-0.4, -0.2) is 47.3 Å². The van der Waals surface area contributed by atoms with Gasteiger partial charge in [0.05, 0.1) is 24.4 Å². The molecule has 5 rings (SSSR count). The highest BCUT2D eigenvalue weighted by Crippen LogP contribution is 2.28. The molecule has 0 bridgehead atoms.